The highest BCUT2D eigenvalue weighted by Crippen LogP contribution is 2.36. The lowest BCUT2D eigenvalue weighted by molar-refractivity contribution is -0.136. The van der Waals surface area contributed by atoms with Crippen LogP contribution in [-0.2, 0) is 11.2 Å². The van der Waals surface area contributed by atoms with Gasteiger partial charge in [0, 0.05) is 23.0 Å². The molecule has 0 aliphatic carbocycles. The van der Waals surface area contributed by atoms with Crippen molar-refractivity contribution in [3.63, 3.8) is 0 Å². The second-order valence-corrected chi connectivity index (χ2v) is 10.2. The largest absolute Gasteiger partial charge is 0.493 e. The molecular weight excluding hydrogens is 492 g/mol. The lowest BCUT2D eigenvalue weighted by Gasteiger charge is -2.37. The van der Waals surface area contributed by atoms with E-state index in [2.05, 4.69) is 11.4 Å². The number of ether oxygens (including phenoxy) is 4. The first-order valence-electron chi connectivity index (χ1n) is 12.3. The number of thiophene rings is 1. The van der Waals surface area contributed by atoms with E-state index in [4.69, 9.17) is 18.9 Å². The second kappa shape index (κ2) is 10.7. The summed E-state index contributed by atoms with van der Waals surface area (Å²) in [6, 6.07) is 14.2. The maximum atomic E-state index is 13.7. The molecule has 5 rings (SSSR count). The minimum Gasteiger partial charge on any atom is -0.493 e. The number of carbonyl (C=O) groups is 2. The zero-order chi connectivity index (χ0) is 25.9. The van der Waals surface area contributed by atoms with Crippen LogP contribution in [0.2, 0.25) is 0 Å². The summed E-state index contributed by atoms with van der Waals surface area (Å²) in [7, 11) is 1.60. The highest BCUT2D eigenvalue weighted by Gasteiger charge is 2.34. The number of hydrogen-bond acceptors (Lipinski definition) is 7. The van der Waals surface area contributed by atoms with Crippen LogP contribution >= 0.6 is 11.3 Å². The maximum Gasteiger partial charge on any atom is 0.254 e. The number of nitrogens with zero attached hydrogens (tertiary/aromatic N) is 2. The Morgan fingerprint density at radius 1 is 1.11 bits per heavy atom. The van der Waals surface area contributed by atoms with Gasteiger partial charge in [0.2, 0.25) is 12.7 Å². The van der Waals surface area contributed by atoms with Crippen LogP contribution < -0.4 is 18.9 Å². The molecule has 3 aromatic rings. The van der Waals surface area contributed by atoms with E-state index >= 15 is 0 Å². The van der Waals surface area contributed by atoms with Gasteiger partial charge in [-0.1, -0.05) is 12.1 Å². The molecule has 0 N–H and O–H groups in total. The predicted molar refractivity (Wildman–Crippen MR) is 140 cm³/mol. The summed E-state index contributed by atoms with van der Waals surface area (Å²) in [4.78, 5) is 31.9. The fraction of sp³-hybridized carbons (Fsp3) is 0.357. The number of carbonyl (C=O) groups excluding carboxylic acids is 2. The molecule has 8 nitrogen and oxygen atoms in total. The number of methoxy groups -OCH3 is 1. The van der Waals surface area contributed by atoms with Crippen LogP contribution in [-0.4, -0.2) is 61.3 Å². The summed E-state index contributed by atoms with van der Waals surface area (Å²) in [5, 5.41) is 2.05. The van der Waals surface area contributed by atoms with E-state index in [0.29, 0.717) is 35.1 Å². The van der Waals surface area contributed by atoms with Crippen LogP contribution in [0.25, 0.3) is 0 Å². The van der Waals surface area contributed by atoms with E-state index in [0.717, 1.165) is 12.0 Å². The zero-order valence-corrected chi connectivity index (χ0v) is 22.0. The molecule has 37 heavy (non-hydrogen) atoms. The molecule has 0 saturated heterocycles. The fourth-order valence-electron chi connectivity index (χ4n) is 4.70. The zero-order valence-electron chi connectivity index (χ0n) is 21.1. The molecule has 0 fully saturated rings. The topological polar surface area (TPSA) is 77.5 Å². The van der Waals surface area contributed by atoms with Crippen molar-refractivity contribution in [3.8, 4) is 23.0 Å². The standard InChI is InChI=1S/C28H30N2O6S/c1-18(2)30(28(32)19-8-9-24-25(14-19)36-17-35-24)15-27(31)29-12-10-26-20(11-13-37-26)21(29)16-34-23-7-5-4-6-22(23)33-3/h4-9,11,13-14,18,21H,10,12,15-17H2,1-3H3. The van der Waals surface area contributed by atoms with Crippen molar-refractivity contribution in [2.75, 3.05) is 33.6 Å². The third kappa shape index (κ3) is 5.09. The van der Waals surface area contributed by atoms with E-state index < -0.39 is 0 Å². The van der Waals surface area contributed by atoms with Crippen molar-refractivity contribution >= 4 is 23.2 Å². The normalized spacial score (nSPS) is 15.9. The molecule has 0 radical (unpaired) electrons. The van der Waals surface area contributed by atoms with Gasteiger partial charge in [-0.2, -0.15) is 0 Å². The Kier molecular flexibility index (Phi) is 7.23. The molecule has 2 aliphatic rings. The van der Waals surface area contributed by atoms with Gasteiger partial charge >= 0.3 is 0 Å². The average Bonchev–Trinajstić information content (AvgIpc) is 3.59. The first kappa shape index (κ1) is 25.0. The lowest BCUT2D eigenvalue weighted by Crippen LogP contribution is -2.49. The minimum absolute atomic E-state index is 0.0322. The predicted octanol–water partition coefficient (Wildman–Crippen LogP) is 4.54. The fourth-order valence-corrected chi connectivity index (χ4v) is 5.63. The number of para-hydroxylation sites is 2. The third-order valence-corrected chi connectivity index (χ3v) is 7.69. The third-order valence-electron chi connectivity index (χ3n) is 6.69. The smallest absolute Gasteiger partial charge is 0.254 e. The van der Waals surface area contributed by atoms with E-state index in [1.54, 1.807) is 41.5 Å². The SMILES string of the molecule is COc1ccccc1OCC1c2ccsc2CCN1C(=O)CN(C(=O)c1ccc2c(c1)OCO2)C(C)C. The van der Waals surface area contributed by atoms with Crippen molar-refractivity contribution in [2.45, 2.75) is 32.4 Å². The Morgan fingerprint density at radius 2 is 1.89 bits per heavy atom. The van der Waals surface area contributed by atoms with Gasteiger partial charge in [0.15, 0.2) is 23.0 Å². The molecule has 2 aliphatic heterocycles. The van der Waals surface area contributed by atoms with Gasteiger partial charge in [-0.3, -0.25) is 9.59 Å². The van der Waals surface area contributed by atoms with E-state index in [1.807, 2.05) is 43.0 Å². The number of fused-ring (bicyclic) bond motifs is 2. The summed E-state index contributed by atoms with van der Waals surface area (Å²) in [5.41, 5.74) is 1.55. The van der Waals surface area contributed by atoms with E-state index in [-0.39, 0.29) is 43.8 Å². The van der Waals surface area contributed by atoms with Crippen LogP contribution in [0.1, 0.15) is 40.7 Å². The Labute approximate surface area is 220 Å². The molecule has 2 amide bonds. The van der Waals surface area contributed by atoms with Crippen molar-refractivity contribution in [2.24, 2.45) is 0 Å². The Morgan fingerprint density at radius 3 is 2.68 bits per heavy atom. The summed E-state index contributed by atoms with van der Waals surface area (Å²) in [5.74, 6) is 2.07. The van der Waals surface area contributed by atoms with Gasteiger partial charge in [0.05, 0.1) is 13.2 Å². The lowest BCUT2D eigenvalue weighted by atomic mass is 10.00. The molecule has 0 saturated carbocycles. The molecule has 0 bridgehead atoms. The average molecular weight is 523 g/mol. The van der Waals surface area contributed by atoms with Gasteiger partial charge < -0.3 is 28.7 Å². The van der Waals surface area contributed by atoms with Crippen LogP contribution in [0.3, 0.4) is 0 Å². The molecule has 9 heteroatoms. The van der Waals surface area contributed by atoms with Crippen LogP contribution in [0.5, 0.6) is 23.0 Å². The van der Waals surface area contributed by atoms with Crippen LogP contribution in [0.4, 0.5) is 0 Å². The number of rotatable bonds is 8. The Balaban J connectivity index is 1.35. The first-order valence-corrected chi connectivity index (χ1v) is 13.2. The Hall–Kier alpha value is -3.72. The molecule has 1 aromatic heterocycles. The van der Waals surface area contributed by atoms with Gasteiger partial charge in [0.1, 0.15) is 13.2 Å². The summed E-state index contributed by atoms with van der Waals surface area (Å²) in [6.45, 7) is 4.78. The summed E-state index contributed by atoms with van der Waals surface area (Å²) in [6.07, 6.45) is 0.779. The van der Waals surface area contributed by atoms with E-state index in [9.17, 15) is 9.59 Å². The Bertz CT molecular complexity index is 1290. The van der Waals surface area contributed by atoms with E-state index in [1.165, 1.54) is 4.88 Å². The monoisotopic (exact) mass is 522 g/mol. The second-order valence-electron chi connectivity index (χ2n) is 9.21. The highest BCUT2D eigenvalue weighted by molar-refractivity contribution is 7.10. The summed E-state index contributed by atoms with van der Waals surface area (Å²) < 4.78 is 22.4. The van der Waals surface area contributed by atoms with Crippen molar-refractivity contribution < 1.29 is 28.5 Å². The summed E-state index contributed by atoms with van der Waals surface area (Å²) >= 11 is 1.70. The van der Waals surface area contributed by atoms with Gasteiger partial charge in [0.25, 0.3) is 5.91 Å². The molecule has 1 atom stereocenters. The number of benzene rings is 2. The first-order chi connectivity index (χ1) is 18.0. The number of hydrogen-bond donors (Lipinski definition) is 0. The van der Waals surface area contributed by atoms with Crippen LogP contribution in [0.15, 0.2) is 53.9 Å². The van der Waals surface area contributed by atoms with Crippen molar-refractivity contribution in [1.82, 2.24) is 9.80 Å². The van der Waals surface area contributed by atoms with Gasteiger partial charge in [-0.05, 0) is 67.6 Å². The van der Waals surface area contributed by atoms with Gasteiger partial charge in [-0.25, -0.2) is 0 Å². The molecule has 1 unspecified atom stereocenters. The molecule has 3 heterocycles. The quantitative estimate of drug-likeness (QED) is 0.432. The van der Waals surface area contributed by atoms with Crippen molar-refractivity contribution in [3.05, 3.63) is 69.9 Å². The molecule has 2 aromatic carbocycles. The molecular formula is C28H30N2O6S. The van der Waals surface area contributed by atoms with Gasteiger partial charge in [-0.15, -0.1) is 11.3 Å². The minimum atomic E-state index is -0.262. The van der Waals surface area contributed by atoms with Crippen molar-refractivity contribution in [1.29, 1.82) is 0 Å². The molecule has 0 spiro atoms. The van der Waals surface area contributed by atoms with Crippen LogP contribution in [0, 0.1) is 0 Å². The number of amides is 2. The highest BCUT2D eigenvalue weighted by atomic mass is 32.1. The maximum absolute atomic E-state index is 13.7. The molecule has 194 valence electrons.